The van der Waals surface area contributed by atoms with Crippen LogP contribution in [-0.2, 0) is 42.9 Å². The second-order valence-electron chi connectivity index (χ2n) is 8.85. The van der Waals surface area contributed by atoms with Crippen molar-refractivity contribution in [2.24, 2.45) is 23.7 Å². The highest BCUT2D eigenvalue weighted by molar-refractivity contribution is 5.74. The molecule has 1 unspecified atom stereocenters. The molecule has 32 heavy (non-hydrogen) atoms. The Morgan fingerprint density at radius 1 is 0.625 bits per heavy atom. The van der Waals surface area contributed by atoms with Crippen LogP contribution < -0.4 is 0 Å². The Kier molecular flexibility index (Phi) is 10.2. The van der Waals surface area contributed by atoms with E-state index < -0.39 is 78.3 Å². The highest BCUT2D eigenvalue weighted by Crippen LogP contribution is 2.31. The standard InChI is InChI=1S/C23H34O9/c1-10-15-16(29-19(24)11(2)3)17(30-20(25)12(4)5)18(31-21(26)13(6)7)23(28-15)32-22(27)14(8)9/h1,11-18,23H,2-9H3/t15-,16+,17+,18-,23?/m0/s1. The summed E-state index contributed by atoms with van der Waals surface area (Å²) in [5, 5.41) is 0. The van der Waals surface area contributed by atoms with Gasteiger partial charge in [-0.1, -0.05) is 61.3 Å². The summed E-state index contributed by atoms with van der Waals surface area (Å²) in [5.74, 6) is -2.31. The number of esters is 4. The number of hydrogen-bond acceptors (Lipinski definition) is 9. The second-order valence-corrected chi connectivity index (χ2v) is 8.85. The molecule has 5 atom stereocenters. The van der Waals surface area contributed by atoms with Crippen molar-refractivity contribution < 1.29 is 42.9 Å². The zero-order chi connectivity index (χ0) is 24.7. The van der Waals surface area contributed by atoms with Gasteiger partial charge >= 0.3 is 23.9 Å². The van der Waals surface area contributed by atoms with Crippen LogP contribution in [0.2, 0.25) is 0 Å². The van der Waals surface area contributed by atoms with Crippen molar-refractivity contribution >= 4 is 23.9 Å². The molecule has 0 aromatic heterocycles. The van der Waals surface area contributed by atoms with Crippen LogP contribution in [0, 0.1) is 36.0 Å². The molecule has 0 spiro atoms. The Balaban J connectivity index is 3.47. The number of carbonyl (C=O) groups is 4. The fourth-order valence-corrected chi connectivity index (χ4v) is 2.49. The van der Waals surface area contributed by atoms with E-state index in [1.807, 2.05) is 0 Å². The quantitative estimate of drug-likeness (QED) is 0.309. The third-order valence-electron chi connectivity index (χ3n) is 4.53. The Morgan fingerprint density at radius 2 is 0.969 bits per heavy atom. The van der Waals surface area contributed by atoms with Crippen molar-refractivity contribution in [3.05, 3.63) is 0 Å². The monoisotopic (exact) mass is 454 g/mol. The average molecular weight is 455 g/mol. The summed E-state index contributed by atoms with van der Waals surface area (Å²) in [6.07, 6.45) is -1.13. The largest absolute Gasteiger partial charge is 0.454 e. The maximum absolute atomic E-state index is 12.5. The van der Waals surface area contributed by atoms with E-state index in [0.717, 1.165) is 0 Å². The van der Waals surface area contributed by atoms with Crippen molar-refractivity contribution in [3.8, 4) is 12.3 Å². The summed E-state index contributed by atoms with van der Waals surface area (Å²) < 4.78 is 27.7. The van der Waals surface area contributed by atoms with Gasteiger partial charge in [0.15, 0.2) is 18.3 Å². The maximum atomic E-state index is 12.5. The third-order valence-corrected chi connectivity index (χ3v) is 4.53. The highest BCUT2D eigenvalue weighted by atomic mass is 16.7. The lowest BCUT2D eigenvalue weighted by Crippen LogP contribution is -2.62. The number of hydrogen-bond donors (Lipinski definition) is 0. The molecule has 1 heterocycles. The third kappa shape index (κ3) is 7.23. The molecule has 0 aromatic rings. The Bertz CT molecular complexity index is 732. The van der Waals surface area contributed by atoms with Crippen LogP contribution in [-0.4, -0.2) is 54.6 Å². The van der Waals surface area contributed by atoms with Gasteiger partial charge in [-0.05, 0) is 0 Å². The van der Waals surface area contributed by atoms with Gasteiger partial charge in [0.1, 0.15) is 0 Å². The molecule has 0 N–H and O–H groups in total. The van der Waals surface area contributed by atoms with E-state index in [1.54, 1.807) is 55.4 Å². The summed E-state index contributed by atoms with van der Waals surface area (Å²) in [6, 6.07) is 0. The van der Waals surface area contributed by atoms with Crippen LogP contribution >= 0.6 is 0 Å². The smallest absolute Gasteiger partial charge is 0.310 e. The van der Waals surface area contributed by atoms with Crippen LogP contribution in [0.5, 0.6) is 0 Å². The molecule has 9 heteroatoms. The lowest BCUT2D eigenvalue weighted by molar-refractivity contribution is -0.290. The van der Waals surface area contributed by atoms with Crippen LogP contribution in [0.4, 0.5) is 0 Å². The Hall–Kier alpha value is -2.60. The molecule has 0 bridgehead atoms. The van der Waals surface area contributed by atoms with E-state index in [1.165, 1.54) is 0 Å². The lowest BCUT2D eigenvalue weighted by atomic mass is 9.97. The summed E-state index contributed by atoms with van der Waals surface area (Å²) in [7, 11) is 0. The van der Waals surface area contributed by atoms with Crippen LogP contribution in [0.3, 0.4) is 0 Å². The van der Waals surface area contributed by atoms with Crippen LogP contribution in [0.1, 0.15) is 55.4 Å². The van der Waals surface area contributed by atoms with Gasteiger partial charge in [-0.2, -0.15) is 0 Å². The molecule has 1 saturated heterocycles. The van der Waals surface area contributed by atoms with E-state index in [4.69, 9.17) is 30.1 Å². The van der Waals surface area contributed by atoms with Crippen molar-refractivity contribution in [2.75, 3.05) is 0 Å². The number of rotatable bonds is 8. The normalized spacial score (nSPS) is 25.4. The first-order valence-electron chi connectivity index (χ1n) is 10.7. The number of ether oxygens (including phenoxy) is 5. The number of terminal acetylenes is 1. The van der Waals surface area contributed by atoms with Gasteiger partial charge in [0, 0.05) is 0 Å². The van der Waals surface area contributed by atoms with E-state index in [9.17, 15) is 19.2 Å². The van der Waals surface area contributed by atoms with Crippen LogP contribution in [0.25, 0.3) is 0 Å². The Labute approximate surface area is 189 Å². The molecule has 0 amide bonds. The first-order chi connectivity index (χ1) is 14.8. The van der Waals surface area contributed by atoms with E-state index >= 15 is 0 Å². The Morgan fingerprint density at radius 3 is 1.34 bits per heavy atom. The van der Waals surface area contributed by atoms with Gasteiger partial charge in [-0.25, -0.2) is 0 Å². The minimum absolute atomic E-state index is 0.511. The second kappa shape index (κ2) is 11.9. The molecule has 0 saturated carbocycles. The summed E-state index contributed by atoms with van der Waals surface area (Å²) in [5.41, 5.74) is 0. The van der Waals surface area contributed by atoms with Gasteiger partial charge in [0.25, 0.3) is 0 Å². The molecule has 1 aliphatic rings. The maximum Gasteiger partial charge on any atom is 0.310 e. The predicted molar refractivity (Wildman–Crippen MR) is 113 cm³/mol. The summed E-state index contributed by atoms with van der Waals surface area (Å²) in [4.78, 5) is 49.5. The highest BCUT2D eigenvalue weighted by Gasteiger charge is 2.54. The van der Waals surface area contributed by atoms with Crippen molar-refractivity contribution in [1.82, 2.24) is 0 Å². The molecule has 0 radical (unpaired) electrons. The van der Waals surface area contributed by atoms with Gasteiger partial charge in [-0.15, -0.1) is 6.42 Å². The topological polar surface area (TPSA) is 114 Å². The first-order valence-corrected chi connectivity index (χ1v) is 10.7. The molecule has 180 valence electrons. The predicted octanol–water partition coefficient (Wildman–Crippen LogP) is 2.25. The molecule has 0 aromatic carbocycles. The molecular weight excluding hydrogens is 420 g/mol. The molecule has 1 rings (SSSR count). The molecule has 1 aliphatic heterocycles. The summed E-state index contributed by atoms with van der Waals surface area (Å²) in [6.45, 7) is 12.9. The van der Waals surface area contributed by atoms with E-state index in [2.05, 4.69) is 5.92 Å². The number of carbonyl (C=O) groups excluding carboxylic acids is 4. The SMILES string of the molecule is C#C[C@@H]1OC(OC(=O)C(C)C)[C@@H](OC(=O)C(C)C)[C@H](OC(=O)C(C)C)[C@@H]1OC(=O)C(C)C. The van der Waals surface area contributed by atoms with Crippen molar-refractivity contribution in [1.29, 1.82) is 0 Å². The van der Waals surface area contributed by atoms with E-state index in [-0.39, 0.29) is 0 Å². The average Bonchev–Trinajstić information content (AvgIpc) is 2.70. The zero-order valence-electron chi connectivity index (χ0n) is 19.9. The molecular formula is C23H34O9. The fraction of sp³-hybridized carbons (Fsp3) is 0.739. The minimum Gasteiger partial charge on any atom is -0.454 e. The zero-order valence-corrected chi connectivity index (χ0v) is 19.9. The fourth-order valence-electron chi connectivity index (χ4n) is 2.49. The molecule has 0 aliphatic carbocycles. The van der Waals surface area contributed by atoms with Gasteiger partial charge in [0.05, 0.1) is 23.7 Å². The van der Waals surface area contributed by atoms with Crippen molar-refractivity contribution in [2.45, 2.75) is 86.1 Å². The molecule has 1 fully saturated rings. The summed E-state index contributed by atoms with van der Waals surface area (Å²) >= 11 is 0. The van der Waals surface area contributed by atoms with Gasteiger partial charge in [0.2, 0.25) is 12.4 Å². The van der Waals surface area contributed by atoms with Gasteiger partial charge in [-0.3, -0.25) is 19.2 Å². The van der Waals surface area contributed by atoms with Gasteiger partial charge < -0.3 is 23.7 Å². The molecule has 9 nitrogen and oxygen atoms in total. The minimum atomic E-state index is -1.47. The van der Waals surface area contributed by atoms with Crippen LogP contribution in [0.15, 0.2) is 0 Å². The first kappa shape index (κ1) is 27.4. The van der Waals surface area contributed by atoms with Crippen molar-refractivity contribution in [3.63, 3.8) is 0 Å². The lowest BCUT2D eigenvalue weighted by Gasteiger charge is -2.43. The van der Waals surface area contributed by atoms with E-state index in [0.29, 0.717) is 0 Å².